The Morgan fingerprint density at radius 1 is 1.26 bits per heavy atom. The fourth-order valence-electron chi connectivity index (χ4n) is 3.68. The summed E-state index contributed by atoms with van der Waals surface area (Å²) >= 11 is 0. The van der Waals surface area contributed by atoms with Gasteiger partial charge in [0.1, 0.15) is 5.82 Å². The SMILES string of the molecule is CCCc1nc2cc3c(cc2n1CCC1CCCCN1)OCO3. The molecule has 23 heavy (non-hydrogen) atoms. The van der Waals surface area contributed by atoms with Crippen molar-refractivity contribution >= 4 is 11.0 Å². The highest BCUT2D eigenvalue weighted by Crippen LogP contribution is 2.36. The number of nitrogens with one attached hydrogen (secondary N) is 1. The second kappa shape index (κ2) is 6.40. The van der Waals surface area contributed by atoms with E-state index < -0.39 is 0 Å². The second-order valence-corrected chi connectivity index (χ2v) is 6.56. The number of imidazole rings is 1. The van der Waals surface area contributed by atoms with Crippen molar-refractivity contribution in [3.63, 3.8) is 0 Å². The monoisotopic (exact) mass is 315 g/mol. The molecule has 0 aliphatic carbocycles. The Balaban J connectivity index is 1.63. The molecule has 1 fully saturated rings. The van der Waals surface area contributed by atoms with Crippen molar-refractivity contribution in [1.29, 1.82) is 0 Å². The highest BCUT2D eigenvalue weighted by Gasteiger charge is 2.20. The number of nitrogens with zero attached hydrogens (tertiary/aromatic N) is 2. The first-order valence-electron chi connectivity index (χ1n) is 8.87. The maximum Gasteiger partial charge on any atom is 0.231 e. The molecule has 2 aliphatic rings. The minimum atomic E-state index is 0.315. The fourth-order valence-corrected chi connectivity index (χ4v) is 3.68. The van der Waals surface area contributed by atoms with E-state index in [0.717, 1.165) is 49.4 Å². The van der Waals surface area contributed by atoms with E-state index in [1.165, 1.54) is 30.6 Å². The Bertz CT molecular complexity index is 689. The molecule has 0 bridgehead atoms. The van der Waals surface area contributed by atoms with Gasteiger partial charge < -0.3 is 19.4 Å². The van der Waals surface area contributed by atoms with E-state index in [4.69, 9.17) is 14.5 Å². The molecule has 4 rings (SSSR count). The molecule has 2 aromatic rings. The van der Waals surface area contributed by atoms with Crippen LogP contribution in [0, 0.1) is 0 Å². The number of aromatic nitrogens is 2. The van der Waals surface area contributed by atoms with Crippen molar-refractivity contribution in [2.75, 3.05) is 13.3 Å². The van der Waals surface area contributed by atoms with Crippen LogP contribution in [-0.2, 0) is 13.0 Å². The summed E-state index contributed by atoms with van der Waals surface area (Å²) in [6, 6.07) is 4.76. The molecule has 1 aromatic carbocycles. The molecule has 1 unspecified atom stereocenters. The molecule has 1 saturated heterocycles. The van der Waals surface area contributed by atoms with E-state index in [0.29, 0.717) is 12.8 Å². The summed E-state index contributed by atoms with van der Waals surface area (Å²) in [5.41, 5.74) is 2.20. The summed E-state index contributed by atoms with van der Waals surface area (Å²) in [7, 11) is 0. The Labute approximate surface area is 137 Å². The van der Waals surface area contributed by atoms with Crippen LogP contribution >= 0.6 is 0 Å². The van der Waals surface area contributed by atoms with E-state index in [-0.39, 0.29) is 0 Å². The summed E-state index contributed by atoms with van der Waals surface area (Å²) < 4.78 is 13.4. The van der Waals surface area contributed by atoms with Crippen molar-refractivity contribution in [1.82, 2.24) is 14.9 Å². The smallest absolute Gasteiger partial charge is 0.231 e. The van der Waals surface area contributed by atoms with Crippen molar-refractivity contribution in [3.05, 3.63) is 18.0 Å². The molecule has 0 spiro atoms. The lowest BCUT2D eigenvalue weighted by molar-refractivity contribution is 0.174. The molecule has 0 radical (unpaired) electrons. The zero-order valence-electron chi connectivity index (χ0n) is 13.8. The van der Waals surface area contributed by atoms with Gasteiger partial charge in [-0.05, 0) is 32.2 Å². The van der Waals surface area contributed by atoms with Gasteiger partial charge in [-0.1, -0.05) is 13.3 Å². The highest BCUT2D eigenvalue weighted by atomic mass is 16.7. The molecule has 0 saturated carbocycles. The first-order valence-corrected chi connectivity index (χ1v) is 8.87. The van der Waals surface area contributed by atoms with Crippen LogP contribution < -0.4 is 14.8 Å². The number of ether oxygens (including phenoxy) is 2. The van der Waals surface area contributed by atoms with Gasteiger partial charge in [0.2, 0.25) is 6.79 Å². The van der Waals surface area contributed by atoms with Crippen LogP contribution in [-0.4, -0.2) is 28.9 Å². The number of fused-ring (bicyclic) bond motifs is 2. The number of piperidine rings is 1. The zero-order valence-corrected chi connectivity index (χ0v) is 13.8. The molecular weight excluding hydrogens is 290 g/mol. The molecule has 1 atom stereocenters. The standard InChI is InChI=1S/C18H25N3O2/c1-2-5-18-20-14-10-16-17(23-12-22-16)11-15(14)21(18)9-7-13-6-3-4-8-19-13/h10-11,13,19H,2-9,12H2,1H3. The van der Waals surface area contributed by atoms with Crippen molar-refractivity contribution < 1.29 is 9.47 Å². The van der Waals surface area contributed by atoms with Crippen molar-refractivity contribution in [2.45, 2.75) is 58.0 Å². The van der Waals surface area contributed by atoms with Crippen LogP contribution in [0.2, 0.25) is 0 Å². The van der Waals surface area contributed by atoms with Crippen molar-refractivity contribution in [3.8, 4) is 11.5 Å². The van der Waals surface area contributed by atoms with E-state index in [1.807, 2.05) is 6.07 Å². The van der Waals surface area contributed by atoms with E-state index in [9.17, 15) is 0 Å². The van der Waals surface area contributed by atoms with Gasteiger partial charge in [0.25, 0.3) is 0 Å². The minimum absolute atomic E-state index is 0.315. The average Bonchev–Trinajstić information content (AvgIpc) is 3.15. The van der Waals surface area contributed by atoms with Crippen LogP contribution in [0.5, 0.6) is 11.5 Å². The molecule has 1 N–H and O–H groups in total. The third-order valence-corrected chi connectivity index (χ3v) is 4.91. The summed E-state index contributed by atoms with van der Waals surface area (Å²) in [6.45, 7) is 4.70. The van der Waals surface area contributed by atoms with Crippen molar-refractivity contribution in [2.24, 2.45) is 0 Å². The topological polar surface area (TPSA) is 48.3 Å². The van der Waals surface area contributed by atoms with Gasteiger partial charge in [0.15, 0.2) is 11.5 Å². The summed E-state index contributed by atoms with van der Waals surface area (Å²) in [5.74, 6) is 2.85. The molecule has 5 heteroatoms. The number of rotatable bonds is 5. The minimum Gasteiger partial charge on any atom is -0.454 e. The summed E-state index contributed by atoms with van der Waals surface area (Å²) in [6.07, 6.45) is 7.24. The van der Waals surface area contributed by atoms with Gasteiger partial charge in [0, 0.05) is 31.1 Å². The lowest BCUT2D eigenvalue weighted by atomic mass is 10.0. The Hall–Kier alpha value is -1.75. The first-order chi connectivity index (χ1) is 11.3. The maximum absolute atomic E-state index is 5.55. The van der Waals surface area contributed by atoms with Crippen LogP contribution in [0.15, 0.2) is 12.1 Å². The Morgan fingerprint density at radius 3 is 2.91 bits per heavy atom. The Morgan fingerprint density at radius 2 is 2.13 bits per heavy atom. The predicted octanol–water partition coefficient (Wildman–Crippen LogP) is 3.25. The largest absolute Gasteiger partial charge is 0.454 e. The lowest BCUT2D eigenvalue weighted by Crippen LogP contribution is -2.34. The van der Waals surface area contributed by atoms with Gasteiger partial charge in [0.05, 0.1) is 11.0 Å². The molecule has 3 heterocycles. The Kier molecular flexibility index (Phi) is 4.12. The third kappa shape index (κ3) is 2.90. The molecule has 124 valence electrons. The van der Waals surface area contributed by atoms with Gasteiger partial charge >= 0.3 is 0 Å². The van der Waals surface area contributed by atoms with Gasteiger partial charge in [-0.15, -0.1) is 0 Å². The fraction of sp³-hybridized carbons (Fsp3) is 0.611. The average molecular weight is 315 g/mol. The van der Waals surface area contributed by atoms with Gasteiger partial charge in [-0.25, -0.2) is 4.98 Å². The van der Waals surface area contributed by atoms with E-state index in [1.54, 1.807) is 0 Å². The van der Waals surface area contributed by atoms with Crippen LogP contribution in [0.1, 0.15) is 44.9 Å². The highest BCUT2D eigenvalue weighted by molar-refractivity contribution is 5.81. The number of aryl methyl sites for hydroxylation is 2. The molecule has 1 aromatic heterocycles. The van der Waals surface area contributed by atoms with Crippen LogP contribution in [0.4, 0.5) is 0 Å². The number of hydrogen-bond donors (Lipinski definition) is 1. The number of benzene rings is 1. The normalized spacial score (nSPS) is 20.3. The quantitative estimate of drug-likeness (QED) is 0.920. The molecule has 2 aliphatic heterocycles. The maximum atomic E-state index is 5.55. The summed E-state index contributed by atoms with van der Waals surface area (Å²) in [4.78, 5) is 4.85. The third-order valence-electron chi connectivity index (χ3n) is 4.91. The van der Waals surface area contributed by atoms with Gasteiger partial charge in [-0.2, -0.15) is 0 Å². The second-order valence-electron chi connectivity index (χ2n) is 6.56. The number of hydrogen-bond acceptors (Lipinski definition) is 4. The van der Waals surface area contributed by atoms with Crippen LogP contribution in [0.3, 0.4) is 0 Å². The van der Waals surface area contributed by atoms with E-state index >= 15 is 0 Å². The van der Waals surface area contributed by atoms with Gasteiger partial charge in [-0.3, -0.25) is 0 Å². The zero-order chi connectivity index (χ0) is 15.6. The lowest BCUT2D eigenvalue weighted by Gasteiger charge is -2.24. The predicted molar refractivity (Wildman–Crippen MR) is 90.1 cm³/mol. The summed E-state index contributed by atoms with van der Waals surface area (Å²) in [5, 5.41) is 3.64. The molecule has 0 amide bonds. The first kappa shape index (κ1) is 14.8. The molecule has 5 nitrogen and oxygen atoms in total. The molecular formula is C18H25N3O2. The van der Waals surface area contributed by atoms with E-state index in [2.05, 4.69) is 22.9 Å². The van der Waals surface area contributed by atoms with Crippen LogP contribution in [0.25, 0.3) is 11.0 Å².